The van der Waals surface area contributed by atoms with Gasteiger partial charge in [-0.1, -0.05) is 0 Å². The number of phenols is 1. The van der Waals surface area contributed by atoms with Crippen LogP contribution in [0.4, 0.5) is 0 Å². The minimum absolute atomic E-state index is 0.0441. The van der Waals surface area contributed by atoms with Crippen molar-refractivity contribution in [2.75, 3.05) is 0 Å². The van der Waals surface area contributed by atoms with Gasteiger partial charge in [0.25, 0.3) is 0 Å². The van der Waals surface area contributed by atoms with Gasteiger partial charge in [-0.2, -0.15) is 0 Å². The summed E-state index contributed by atoms with van der Waals surface area (Å²) in [6.07, 6.45) is 0. The van der Waals surface area contributed by atoms with E-state index in [0.717, 1.165) is 0 Å². The van der Waals surface area contributed by atoms with Gasteiger partial charge in [0, 0.05) is 6.07 Å². The Kier molecular flexibility index (Phi) is 1.71. The first kappa shape index (κ1) is 8.09. The number of aromatic nitrogens is 1. The first-order chi connectivity index (χ1) is 6.16. The predicted octanol–water partition coefficient (Wildman–Crippen LogP) is -0.787. The summed E-state index contributed by atoms with van der Waals surface area (Å²) < 4.78 is 4.94. The van der Waals surface area contributed by atoms with Crippen LogP contribution in [0.2, 0.25) is 0 Å². The number of nitrogens with zero attached hydrogens (tertiary/aromatic N) is 1. The molecule has 1 aromatic heterocycles. The number of fused-ring (bicyclic) bond motifs is 1. The number of rotatable bonds is 1. The molecule has 5 nitrogen and oxygen atoms in total. The summed E-state index contributed by atoms with van der Waals surface area (Å²) >= 11 is 0. The molecule has 1 heterocycles. The average molecular weight is 179 g/mol. The molecule has 0 fully saturated rings. The molecule has 66 valence electrons. The van der Waals surface area contributed by atoms with E-state index in [4.69, 9.17) is 19.6 Å². The van der Waals surface area contributed by atoms with Crippen molar-refractivity contribution >= 4 is 24.0 Å². The van der Waals surface area contributed by atoms with E-state index < -0.39 is 7.12 Å². The second-order valence-electron chi connectivity index (χ2n) is 2.58. The molecule has 0 unspecified atom stereocenters. The van der Waals surface area contributed by atoms with Gasteiger partial charge in [0.15, 0.2) is 5.58 Å². The van der Waals surface area contributed by atoms with Gasteiger partial charge in [0.05, 0.1) is 0 Å². The van der Waals surface area contributed by atoms with E-state index in [-0.39, 0.29) is 11.5 Å². The minimum Gasteiger partial charge on any atom is -0.508 e. The fourth-order valence-corrected chi connectivity index (χ4v) is 1.04. The van der Waals surface area contributed by atoms with Gasteiger partial charge in [0.1, 0.15) is 11.3 Å². The normalized spacial score (nSPS) is 10.6. The van der Waals surface area contributed by atoms with Crippen molar-refractivity contribution in [3.63, 3.8) is 0 Å². The quantitative estimate of drug-likeness (QED) is 0.499. The van der Waals surface area contributed by atoms with E-state index in [1.165, 1.54) is 18.2 Å². The molecule has 2 aromatic rings. The first-order valence-corrected chi connectivity index (χ1v) is 3.62. The Hall–Kier alpha value is -1.53. The molecule has 0 aliphatic rings. The van der Waals surface area contributed by atoms with Crippen LogP contribution in [0.1, 0.15) is 0 Å². The predicted molar refractivity (Wildman–Crippen MR) is 45.5 cm³/mol. The molecule has 0 saturated heterocycles. The second-order valence-corrected chi connectivity index (χ2v) is 2.58. The SMILES string of the molecule is OB(O)c1nc2ccc(O)cc2o1. The molecule has 1 aromatic carbocycles. The molecule has 6 heteroatoms. The van der Waals surface area contributed by atoms with Crippen molar-refractivity contribution in [2.45, 2.75) is 0 Å². The summed E-state index contributed by atoms with van der Waals surface area (Å²) in [5.74, 6) is -0.136. The monoisotopic (exact) mass is 179 g/mol. The maximum Gasteiger partial charge on any atom is 0.548 e. The van der Waals surface area contributed by atoms with Gasteiger partial charge in [-0.05, 0) is 12.1 Å². The molecular formula is C7H6BNO4. The van der Waals surface area contributed by atoms with E-state index in [2.05, 4.69) is 4.98 Å². The number of benzene rings is 1. The number of oxazole rings is 1. The highest BCUT2D eigenvalue weighted by Gasteiger charge is 2.19. The zero-order valence-electron chi connectivity index (χ0n) is 6.51. The number of aromatic hydroxyl groups is 1. The largest absolute Gasteiger partial charge is 0.548 e. The molecule has 13 heavy (non-hydrogen) atoms. The highest BCUT2D eigenvalue weighted by atomic mass is 16.4. The Bertz CT molecular complexity index is 439. The molecule has 2 rings (SSSR count). The van der Waals surface area contributed by atoms with E-state index in [0.29, 0.717) is 11.1 Å². The van der Waals surface area contributed by atoms with Crippen LogP contribution in [0.3, 0.4) is 0 Å². The molecular weight excluding hydrogens is 173 g/mol. The van der Waals surface area contributed by atoms with Gasteiger partial charge in [0.2, 0.25) is 5.79 Å². The van der Waals surface area contributed by atoms with Gasteiger partial charge < -0.3 is 19.6 Å². The minimum atomic E-state index is -1.73. The highest BCUT2D eigenvalue weighted by molar-refractivity contribution is 6.56. The molecule has 0 atom stereocenters. The zero-order valence-corrected chi connectivity index (χ0v) is 6.51. The van der Waals surface area contributed by atoms with Crippen LogP contribution in [0, 0.1) is 0 Å². The van der Waals surface area contributed by atoms with Gasteiger partial charge in [-0.25, -0.2) is 4.98 Å². The smallest absolute Gasteiger partial charge is 0.508 e. The van der Waals surface area contributed by atoms with Crippen LogP contribution in [0.5, 0.6) is 5.75 Å². The van der Waals surface area contributed by atoms with Crippen LogP contribution in [-0.2, 0) is 0 Å². The number of phenolic OH excluding ortho intramolecular Hbond substituents is 1. The summed E-state index contributed by atoms with van der Waals surface area (Å²) in [5.41, 5.74) is 0.795. The third kappa shape index (κ3) is 1.37. The lowest BCUT2D eigenvalue weighted by Gasteiger charge is -1.88. The molecule has 0 bridgehead atoms. The Morgan fingerprint density at radius 2 is 2.08 bits per heavy atom. The molecule has 0 aliphatic heterocycles. The first-order valence-electron chi connectivity index (χ1n) is 3.62. The van der Waals surface area contributed by atoms with Crippen molar-refractivity contribution in [3.05, 3.63) is 18.2 Å². The summed E-state index contributed by atoms with van der Waals surface area (Å²) in [6, 6.07) is 4.33. The van der Waals surface area contributed by atoms with Crippen molar-refractivity contribution in [3.8, 4) is 5.75 Å². The van der Waals surface area contributed by atoms with E-state index in [9.17, 15) is 0 Å². The summed E-state index contributed by atoms with van der Waals surface area (Å²) in [4.78, 5) is 3.78. The molecule has 3 N–H and O–H groups in total. The molecule has 0 spiro atoms. The fourth-order valence-electron chi connectivity index (χ4n) is 1.04. The molecule has 0 saturated carbocycles. The van der Waals surface area contributed by atoms with Crippen molar-refractivity contribution in [1.29, 1.82) is 0 Å². The number of hydrogen-bond donors (Lipinski definition) is 3. The Morgan fingerprint density at radius 3 is 2.77 bits per heavy atom. The lowest BCUT2D eigenvalue weighted by atomic mass is 9.93. The van der Waals surface area contributed by atoms with Gasteiger partial charge in [-0.3, -0.25) is 0 Å². The van der Waals surface area contributed by atoms with Crippen LogP contribution in [0.15, 0.2) is 22.6 Å². The third-order valence-electron chi connectivity index (χ3n) is 1.61. The number of hydrogen-bond acceptors (Lipinski definition) is 5. The van der Waals surface area contributed by atoms with Gasteiger partial charge in [-0.15, -0.1) is 0 Å². The third-order valence-corrected chi connectivity index (χ3v) is 1.61. The standard InChI is InChI=1S/C7H6BNO4/c10-4-1-2-5-6(3-4)13-7(9-5)8(11)12/h1-3,10-12H. The van der Waals surface area contributed by atoms with Crippen molar-refractivity contribution in [1.82, 2.24) is 4.98 Å². The fraction of sp³-hybridized carbons (Fsp3) is 0. The van der Waals surface area contributed by atoms with E-state index in [1.54, 1.807) is 0 Å². The average Bonchev–Trinajstić information content (AvgIpc) is 2.46. The van der Waals surface area contributed by atoms with Crippen LogP contribution < -0.4 is 5.79 Å². The Labute approximate surface area is 73.4 Å². The summed E-state index contributed by atoms with van der Waals surface area (Å²) in [6.45, 7) is 0. The topological polar surface area (TPSA) is 86.7 Å². The summed E-state index contributed by atoms with van der Waals surface area (Å²) in [7, 11) is -1.73. The molecule has 0 radical (unpaired) electrons. The molecule has 0 aliphatic carbocycles. The second kappa shape index (κ2) is 2.76. The van der Waals surface area contributed by atoms with Gasteiger partial charge >= 0.3 is 7.12 Å². The lowest BCUT2D eigenvalue weighted by Crippen LogP contribution is -2.30. The zero-order chi connectivity index (χ0) is 9.42. The summed E-state index contributed by atoms with van der Waals surface area (Å²) in [5, 5.41) is 26.5. The van der Waals surface area contributed by atoms with Crippen molar-refractivity contribution in [2.24, 2.45) is 0 Å². The van der Waals surface area contributed by atoms with E-state index in [1.807, 2.05) is 0 Å². The van der Waals surface area contributed by atoms with E-state index >= 15 is 0 Å². The maximum atomic E-state index is 9.07. The Morgan fingerprint density at radius 1 is 1.31 bits per heavy atom. The maximum absolute atomic E-state index is 9.07. The Balaban J connectivity index is 2.62. The van der Waals surface area contributed by atoms with Crippen molar-refractivity contribution < 1.29 is 19.6 Å². The van der Waals surface area contributed by atoms with Crippen LogP contribution in [-0.4, -0.2) is 27.3 Å². The van der Waals surface area contributed by atoms with Crippen LogP contribution in [0.25, 0.3) is 11.1 Å². The lowest BCUT2D eigenvalue weighted by molar-refractivity contribution is 0.409. The molecule has 0 amide bonds. The van der Waals surface area contributed by atoms with Crippen LogP contribution >= 0.6 is 0 Å². The highest BCUT2D eigenvalue weighted by Crippen LogP contribution is 2.17.